The Kier molecular flexibility index (Phi) is 6.22. The van der Waals surface area contributed by atoms with E-state index in [9.17, 15) is 4.79 Å². The molecule has 1 aromatic rings. The summed E-state index contributed by atoms with van der Waals surface area (Å²) in [5, 5.41) is 0. The van der Waals surface area contributed by atoms with Crippen molar-refractivity contribution in [3.8, 4) is 5.75 Å². The van der Waals surface area contributed by atoms with Crippen LogP contribution < -0.4 is 4.74 Å². The standard InChI is InChI=1S/C26H38O3/c1-4-6-11-26(22-13-19-12-20(15-22)16-23(26)14-19)29-25(27)17-28-24-9-7-21(8-10-24)18(3)5-2/h7-10,18-20,22-23H,4-6,11-17H2,1-3H3. The second-order valence-corrected chi connectivity index (χ2v) is 10.0. The summed E-state index contributed by atoms with van der Waals surface area (Å²) in [4.78, 5) is 12.9. The Balaban J connectivity index is 1.39. The minimum absolute atomic E-state index is 0.0167. The van der Waals surface area contributed by atoms with Gasteiger partial charge in [-0.3, -0.25) is 0 Å². The summed E-state index contributed by atoms with van der Waals surface area (Å²) in [5.41, 5.74) is 1.10. The lowest BCUT2D eigenvalue weighted by Crippen LogP contribution is -2.60. The van der Waals surface area contributed by atoms with Gasteiger partial charge < -0.3 is 9.47 Å². The van der Waals surface area contributed by atoms with Gasteiger partial charge in [0.2, 0.25) is 0 Å². The van der Waals surface area contributed by atoms with Crippen LogP contribution in [-0.2, 0) is 9.53 Å². The Morgan fingerprint density at radius 2 is 1.66 bits per heavy atom. The maximum Gasteiger partial charge on any atom is 0.344 e. The second-order valence-electron chi connectivity index (χ2n) is 10.0. The van der Waals surface area contributed by atoms with Gasteiger partial charge in [0, 0.05) is 0 Å². The Labute approximate surface area is 176 Å². The molecule has 0 spiro atoms. The van der Waals surface area contributed by atoms with E-state index < -0.39 is 0 Å². The average molecular weight is 399 g/mol. The summed E-state index contributed by atoms with van der Waals surface area (Å²) in [7, 11) is 0. The minimum atomic E-state index is -0.218. The van der Waals surface area contributed by atoms with Crippen molar-refractivity contribution in [2.24, 2.45) is 23.7 Å². The second kappa shape index (κ2) is 8.70. The van der Waals surface area contributed by atoms with Crippen molar-refractivity contribution < 1.29 is 14.3 Å². The number of hydrogen-bond acceptors (Lipinski definition) is 3. The molecule has 1 aromatic carbocycles. The van der Waals surface area contributed by atoms with Gasteiger partial charge in [0.05, 0.1) is 0 Å². The average Bonchev–Trinajstić information content (AvgIpc) is 2.73. The predicted octanol–water partition coefficient (Wildman–Crippen LogP) is 6.51. The number of carbonyl (C=O) groups excluding carboxylic acids is 1. The molecule has 0 heterocycles. The number of hydrogen-bond donors (Lipinski definition) is 0. The summed E-state index contributed by atoms with van der Waals surface area (Å²) in [5.74, 6) is 4.02. The molecule has 0 N–H and O–H groups in total. The number of ether oxygens (including phenoxy) is 2. The molecule has 29 heavy (non-hydrogen) atoms. The van der Waals surface area contributed by atoms with Crippen LogP contribution in [0.2, 0.25) is 0 Å². The smallest absolute Gasteiger partial charge is 0.344 e. The van der Waals surface area contributed by atoms with E-state index in [4.69, 9.17) is 9.47 Å². The molecule has 4 saturated carbocycles. The number of esters is 1. The largest absolute Gasteiger partial charge is 0.482 e. The van der Waals surface area contributed by atoms with E-state index in [1.54, 1.807) is 0 Å². The van der Waals surface area contributed by atoms with Crippen LogP contribution >= 0.6 is 0 Å². The molecule has 1 atom stereocenters. The minimum Gasteiger partial charge on any atom is -0.482 e. The lowest BCUT2D eigenvalue weighted by atomic mass is 9.49. The molecule has 4 aliphatic rings. The Morgan fingerprint density at radius 1 is 1.03 bits per heavy atom. The highest BCUT2D eigenvalue weighted by atomic mass is 16.6. The van der Waals surface area contributed by atoms with E-state index in [0.29, 0.717) is 17.8 Å². The van der Waals surface area contributed by atoms with Gasteiger partial charge >= 0.3 is 5.97 Å². The fourth-order valence-electron chi connectivity index (χ4n) is 6.57. The summed E-state index contributed by atoms with van der Waals surface area (Å²) in [6.07, 6.45) is 10.9. The van der Waals surface area contributed by atoms with Crippen LogP contribution in [0.5, 0.6) is 5.75 Å². The highest BCUT2D eigenvalue weighted by Gasteiger charge is 2.59. The van der Waals surface area contributed by atoms with Crippen LogP contribution in [0.3, 0.4) is 0 Å². The third-order valence-electron chi connectivity index (χ3n) is 8.16. The topological polar surface area (TPSA) is 35.5 Å². The summed E-state index contributed by atoms with van der Waals surface area (Å²) in [6, 6.07) is 8.17. The van der Waals surface area contributed by atoms with Gasteiger partial charge in [0.25, 0.3) is 0 Å². The molecule has 3 nitrogen and oxygen atoms in total. The zero-order chi connectivity index (χ0) is 20.4. The van der Waals surface area contributed by atoms with Crippen molar-refractivity contribution in [1.82, 2.24) is 0 Å². The van der Waals surface area contributed by atoms with Crippen LogP contribution in [-0.4, -0.2) is 18.2 Å². The van der Waals surface area contributed by atoms with Crippen molar-refractivity contribution in [1.29, 1.82) is 0 Å². The fraction of sp³-hybridized carbons (Fsp3) is 0.731. The Morgan fingerprint density at radius 3 is 2.21 bits per heavy atom. The maximum absolute atomic E-state index is 12.9. The lowest BCUT2D eigenvalue weighted by molar-refractivity contribution is -0.214. The Hall–Kier alpha value is -1.51. The molecule has 0 amide bonds. The molecule has 4 aliphatic carbocycles. The predicted molar refractivity (Wildman–Crippen MR) is 116 cm³/mol. The van der Waals surface area contributed by atoms with Gasteiger partial charge in [0.15, 0.2) is 6.61 Å². The number of rotatable bonds is 9. The first kappa shape index (κ1) is 20.8. The first-order valence-electron chi connectivity index (χ1n) is 12.0. The molecular formula is C26H38O3. The van der Waals surface area contributed by atoms with E-state index in [-0.39, 0.29) is 18.2 Å². The van der Waals surface area contributed by atoms with Crippen molar-refractivity contribution >= 4 is 5.97 Å². The zero-order valence-corrected chi connectivity index (χ0v) is 18.5. The van der Waals surface area contributed by atoms with Crippen molar-refractivity contribution in [3.63, 3.8) is 0 Å². The molecule has 0 aliphatic heterocycles. The summed E-state index contributed by atoms with van der Waals surface area (Å²) < 4.78 is 12.2. The number of unbranched alkanes of at least 4 members (excludes halogenated alkanes) is 1. The number of carbonyl (C=O) groups is 1. The maximum atomic E-state index is 12.9. The molecule has 4 bridgehead atoms. The number of benzene rings is 1. The monoisotopic (exact) mass is 398 g/mol. The van der Waals surface area contributed by atoms with Crippen LogP contribution in [0.4, 0.5) is 0 Å². The fourth-order valence-corrected chi connectivity index (χ4v) is 6.57. The molecule has 5 rings (SSSR count). The molecular weight excluding hydrogens is 360 g/mol. The van der Waals surface area contributed by atoms with Gasteiger partial charge in [-0.15, -0.1) is 0 Å². The van der Waals surface area contributed by atoms with Gasteiger partial charge in [0.1, 0.15) is 11.4 Å². The molecule has 4 fully saturated rings. The molecule has 0 radical (unpaired) electrons. The third-order valence-corrected chi connectivity index (χ3v) is 8.16. The third kappa shape index (κ3) is 4.20. The van der Waals surface area contributed by atoms with Gasteiger partial charge in [-0.2, -0.15) is 0 Å². The van der Waals surface area contributed by atoms with Crippen molar-refractivity contribution in [2.45, 2.75) is 90.1 Å². The van der Waals surface area contributed by atoms with E-state index in [2.05, 4.69) is 32.9 Å². The van der Waals surface area contributed by atoms with E-state index in [1.165, 1.54) is 37.7 Å². The van der Waals surface area contributed by atoms with Gasteiger partial charge in [-0.1, -0.05) is 39.3 Å². The van der Waals surface area contributed by atoms with Crippen LogP contribution in [0.25, 0.3) is 0 Å². The van der Waals surface area contributed by atoms with E-state index in [1.807, 2.05) is 12.1 Å². The SMILES string of the molecule is CCCCC1(OC(=O)COc2ccc(C(C)CC)cc2)C2CC3CC(C2)CC1C3. The van der Waals surface area contributed by atoms with Crippen LogP contribution in [0, 0.1) is 23.7 Å². The summed E-state index contributed by atoms with van der Waals surface area (Å²) in [6.45, 7) is 6.68. The molecule has 160 valence electrons. The quantitative estimate of drug-likeness (QED) is 0.445. The van der Waals surface area contributed by atoms with E-state index in [0.717, 1.165) is 43.3 Å². The van der Waals surface area contributed by atoms with Gasteiger partial charge in [-0.25, -0.2) is 4.79 Å². The van der Waals surface area contributed by atoms with Crippen molar-refractivity contribution in [3.05, 3.63) is 29.8 Å². The van der Waals surface area contributed by atoms with Crippen LogP contribution in [0.1, 0.15) is 90.0 Å². The zero-order valence-electron chi connectivity index (χ0n) is 18.5. The van der Waals surface area contributed by atoms with Gasteiger partial charge in [-0.05, 0) is 98.7 Å². The molecule has 0 aromatic heterocycles. The first-order chi connectivity index (χ1) is 14.0. The molecule has 3 heteroatoms. The molecule has 0 saturated heterocycles. The highest BCUT2D eigenvalue weighted by molar-refractivity contribution is 5.71. The first-order valence-corrected chi connectivity index (χ1v) is 12.0. The van der Waals surface area contributed by atoms with E-state index >= 15 is 0 Å². The Bertz CT molecular complexity index is 664. The molecule has 1 unspecified atom stereocenters. The van der Waals surface area contributed by atoms with Crippen LogP contribution in [0.15, 0.2) is 24.3 Å². The summed E-state index contributed by atoms with van der Waals surface area (Å²) >= 11 is 0. The van der Waals surface area contributed by atoms with Crippen molar-refractivity contribution in [2.75, 3.05) is 6.61 Å². The highest BCUT2D eigenvalue weighted by Crippen LogP contribution is 2.61. The normalized spacial score (nSPS) is 33.5. The lowest BCUT2D eigenvalue weighted by Gasteiger charge is -2.60.